The van der Waals surface area contributed by atoms with E-state index in [1.54, 1.807) is 10.4 Å². The highest BCUT2D eigenvalue weighted by Crippen LogP contribution is 2.23. The third-order valence-corrected chi connectivity index (χ3v) is 13.2. The summed E-state index contributed by atoms with van der Waals surface area (Å²) in [5, 5.41) is 3.58. The summed E-state index contributed by atoms with van der Waals surface area (Å²) in [7, 11) is -1.76. The van der Waals surface area contributed by atoms with Gasteiger partial charge in [0.15, 0.2) is 0 Å². The minimum absolute atomic E-state index is 0.852. The molecule has 0 aromatic heterocycles. The van der Waals surface area contributed by atoms with Crippen LogP contribution >= 0.6 is 0 Å². The molecule has 20 heavy (non-hydrogen) atoms. The van der Waals surface area contributed by atoms with E-state index < -0.39 is 17.6 Å². The Morgan fingerprint density at radius 3 is 1.00 bits per heavy atom. The van der Waals surface area contributed by atoms with Gasteiger partial charge in [0.05, 0.1) is 17.6 Å². The van der Waals surface area contributed by atoms with Crippen molar-refractivity contribution in [3.05, 3.63) is 24.3 Å². The average molecular weight is 307 g/mol. The summed E-state index contributed by atoms with van der Waals surface area (Å²) in [4.78, 5) is 0. The van der Waals surface area contributed by atoms with Crippen LogP contribution in [0.25, 0.3) is 0 Å². The number of hydrogen-bond donors (Lipinski definition) is 0. The Kier molecular flexibility index (Phi) is 6.73. The number of benzene rings is 1. The molecule has 114 valence electrons. The second-order valence-corrected chi connectivity index (χ2v) is 16.3. The van der Waals surface area contributed by atoms with Crippen LogP contribution in [0.1, 0.15) is 55.4 Å². The fourth-order valence-electron chi connectivity index (χ4n) is 4.09. The molecule has 0 radical (unpaired) electrons. The van der Waals surface area contributed by atoms with Crippen molar-refractivity contribution in [3.8, 4) is 0 Å². The standard InChI is InChI=1S/C18H34Si2/c1-13(2)19(14(3)4)17-11-9-10-12-18(17)20(15(5)6)16(7)8/h9-16,19-20H,1-8H3. The van der Waals surface area contributed by atoms with Crippen molar-refractivity contribution in [3.63, 3.8) is 0 Å². The van der Waals surface area contributed by atoms with Gasteiger partial charge in [-0.1, -0.05) is 90.0 Å². The largest absolute Gasteiger partial charge is 0.0757 e. The highest BCUT2D eigenvalue weighted by molar-refractivity contribution is 6.86. The van der Waals surface area contributed by atoms with Crippen LogP contribution in [0.5, 0.6) is 0 Å². The van der Waals surface area contributed by atoms with Crippen LogP contribution in [0.2, 0.25) is 22.2 Å². The maximum atomic E-state index is 2.47. The van der Waals surface area contributed by atoms with Crippen molar-refractivity contribution in [2.24, 2.45) is 0 Å². The Labute approximate surface area is 130 Å². The second-order valence-electron chi connectivity index (χ2n) is 7.66. The summed E-state index contributed by atoms with van der Waals surface area (Å²) in [6, 6.07) is 9.49. The molecule has 0 bridgehead atoms. The molecule has 0 aliphatic carbocycles. The maximum absolute atomic E-state index is 2.47. The molecule has 0 amide bonds. The minimum atomic E-state index is -0.882. The first-order valence-corrected chi connectivity index (χ1v) is 12.2. The normalized spacial score (nSPS) is 12.7. The van der Waals surface area contributed by atoms with E-state index in [1.165, 1.54) is 0 Å². The Morgan fingerprint density at radius 2 is 0.800 bits per heavy atom. The highest BCUT2D eigenvalue weighted by atomic mass is 28.3. The van der Waals surface area contributed by atoms with E-state index in [-0.39, 0.29) is 0 Å². The lowest BCUT2D eigenvalue weighted by Crippen LogP contribution is -2.52. The molecule has 1 aromatic rings. The van der Waals surface area contributed by atoms with Gasteiger partial charge in [-0.15, -0.1) is 0 Å². The van der Waals surface area contributed by atoms with Crippen molar-refractivity contribution in [1.29, 1.82) is 0 Å². The fourth-order valence-corrected chi connectivity index (χ4v) is 12.8. The minimum Gasteiger partial charge on any atom is -0.0651 e. The van der Waals surface area contributed by atoms with Gasteiger partial charge < -0.3 is 0 Å². The molecular weight excluding hydrogens is 272 g/mol. The Morgan fingerprint density at radius 1 is 0.550 bits per heavy atom. The zero-order valence-corrected chi connectivity index (χ0v) is 17.1. The Balaban J connectivity index is 3.34. The van der Waals surface area contributed by atoms with Gasteiger partial charge in [-0.05, 0) is 22.2 Å². The van der Waals surface area contributed by atoms with Gasteiger partial charge in [-0.3, -0.25) is 0 Å². The van der Waals surface area contributed by atoms with Crippen molar-refractivity contribution in [1.82, 2.24) is 0 Å². The first-order valence-electron chi connectivity index (χ1n) is 8.36. The molecular formula is C18H34Si2. The number of hydrogen-bond acceptors (Lipinski definition) is 0. The first-order chi connectivity index (χ1) is 9.27. The summed E-state index contributed by atoms with van der Waals surface area (Å²) in [6.45, 7) is 19.5. The van der Waals surface area contributed by atoms with Gasteiger partial charge in [0.2, 0.25) is 0 Å². The lowest BCUT2D eigenvalue weighted by molar-refractivity contribution is 0.945. The summed E-state index contributed by atoms with van der Waals surface area (Å²) in [6.07, 6.45) is 0. The zero-order valence-electron chi connectivity index (χ0n) is 14.8. The third kappa shape index (κ3) is 4.08. The van der Waals surface area contributed by atoms with Gasteiger partial charge in [0.1, 0.15) is 0 Å². The fraction of sp³-hybridized carbons (Fsp3) is 0.667. The molecule has 2 heteroatoms. The molecule has 0 fully saturated rings. The lowest BCUT2D eigenvalue weighted by atomic mass is 10.4. The van der Waals surface area contributed by atoms with E-state index in [0.717, 1.165) is 22.2 Å². The summed E-state index contributed by atoms with van der Waals surface area (Å²) in [5.41, 5.74) is 3.41. The SMILES string of the molecule is CC(C)[SiH](c1ccccc1[SiH](C(C)C)C(C)C)C(C)C. The van der Waals surface area contributed by atoms with Crippen LogP contribution in [0.3, 0.4) is 0 Å². The molecule has 0 N–H and O–H groups in total. The average Bonchev–Trinajstić information content (AvgIpc) is 2.29. The van der Waals surface area contributed by atoms with E-state index in [0.29, 0.717) is 0 Å². The molecule has 1 rings (SSSR count). The van der Waals surface area contributed by atoms with Crippen LogP contribution < -0.4 is 10.4 Å². The summed E-state index contributed by atoms with van der Waals surface area (Å²) < 4.78 is 0. The molecule has 0 saturated heterocycles. The topological polar surface area (TPSA) is 0 Å². The van der Waals surface area contributed by atoms with E-state index in [9.17, 15) is 0 Å². The molecule has 0 saturated carbocycles. The van der Waals surface area contributed by atoms with Gasteiger partial charge in [0.25, 0.3) is 0 Å². The van der Waals surface area contributed by atoms with Gasteiger partial charge >= 0.3 is 0 Å². The molecule has 1 aromatic carbocycles. The van der Waals surface area contributed by atoms with Crippen molar-refractivity contribution >= 4 is 28.0 Å². The molecule has 0 atom stereocenters. The summed E-state index contributed by atoms with van der Waals surface area (Å²) in [5.74, 6) is 0. The van der Waals surface area contributed by atoms with Crippen molar-refractivity contribution < 1.29 is 0 Å². The van der Waals surface area contributed by atoms with Crippen molar-refractivity contribution in [2.75, 3.05) is 0 Å². The quantitative estimate of drug-likeness (QED) is 0.691. The predicted octanol–water partition coefficient (Wildman–Crippen LogP) is 4.19. The van der Waals surface area contributed by atoms with Crippen LogP contribution in [-0.2, 0) is 0 Å². The van der Waals surface area contributed by atoms with Crippen LogP contribution in [-0.4, -0.2) is 17.6 Å². The molecule has 0 aliphatic heterocycles. The number of rotatable bonds is 6. The van der Waals surface area contributed by atoms with E-state index >= 15 is 0 Å². The molecule has 0 unspecified atom stereocenters. The van der Waals surface area contributed by atoms with E-state index in [4.69, 9.17) is 0 Å². The molecule has 0 nitrogen and oxygen atoms in total. The first kappa shape index (κ1) is 17.7. The molecule has 0 aliphatic rings. The van der Waals surface area contributed by atoms with Gasteiger partial charge in [-0.25, -0.2) is 0 Å². The zero-order chi connectivity index (χ0) is 15.4. The Hall–Kier alpha value is -0.346. The van der Waals surface area contributed by atoms with Crippen molar-refractivity contribution in [2.45, 2.75) is 77.6 Å². The monoisotopic (exact) mass is 306 g/mol. The third-order valence-electron chi connectivity index (χ3n) is 4.59. The molecule has 0 spiro atoms. The highest BCUT2D eigenvalue weighted by Gasteiger charge is 2.29. The maximum Gasteiger partial charge on any atom is 0.0757 e. The molecule has 0 heterocycles. The lowest BCUT2D eigenvalue weighted by Gasteiger charge is -2.31. The smallest absolute Gasteiger partial charge is 0.0651 e. The van der Waals surface area contributed by atoms with Crippen LogP contribution in [0.15, 0.2) is 24.3 Å². The summed E-state index contributed by atoms with van der Waals surface area (Å²) >= 11 is 0. The Bertz CT molecular complexity index is 353. The van der Waals surface area contributed by atoms with Gasteiger partial charge in [0, 0.05) is 0 Å². The predicted molar refractivity (Wildman–Crippen MR) is 100 cm³/mol. The van der Waals surface area contributed by atoms with Gasteiger partial charge in [-0.2, -0.15) is 0 Å². The second kappa shape index (κ2) is 7.60. The van der Waals surface area contributed by atoms with E-state index in [1.807, 2.05) is 0 Å². The van der Waals surface area contributed by atoms with E-state index in [2.05, 4.69) is 79.7 Å². The van der Waals surface area contributed by atoms with Crippen LogP contribution in [0, 0.1) is 0 Å². The van der Waals surface area contributed by atoms with Crippen LogP contribution in [0.4, 0.5) is 0 Å².